The highest BCUT2D eigenvalue weighted by molar-refractivity contribution is 5.88. The van der Waals surface area contributed by atoms with E-state index in [-0.39, 0.29) is 35.3 Å². The van der Waals surface area contributed by atoms with Crippen molar-refractivity contribution >= 4 is 11.9 Å². The second kappa shape index (κ2) is 9.78. The quantitative estimate of drug-likeness (QED) is 0.211. The molecule has 0 aromatic rings. The molecule has 4 aliphatic carbocycles. The third kappa shape index (κ3) is 4.38. The molecule has 208 valence electrons. The van der Waals surface area contributed by atoms with E-state index < -0.39 is 35.1 Å². The Morgan fingerprint density at radius 1 is 1.14 bits per heavy atom. The molecule has 8 heteroatoms. The van der Waals surface area contributed by atoms with E-state index in [0.717, 1.165) is 24.8 Å². The molecular formula is C29H47N3O5. The zero-order valence-corrected chi connectivity index (χ0v) is 23.1. The predicted molar refractivity (Wildman–Crippen MR) is 142 cm³/mol. The Bertz CT molecular complexity index is 1010. The Kier molecular flexibility index (Phi) is 7.47. The molecule has 4 saturated carbocycles. The summed E-state index contributed by atoms with van der Waals surface area (Å²) in [7, 11) is 0. The van der Waals surface area contributed by atoms with Gasteiger partial charge in [0.2, 0.25) is 0 Å². The van der Waals surface area contributed by atoms with Gasteiger partial charge in [-0.1, -0.05) is 25.5 Å². The second-order valence-corrected chi connectivity index (χ2v) is 13.1. The summed E-state index contributed by atoms with van der Waals surface area (Å²) in [4.78, 5) is 24.8. The first-order valence-electron chi connectivity index (χ1n) is 13.9. The van der Waals surface area contributed by atoms with Crippen molar-refractivity contribution in [2.45, 2.75) is 116 Å². The summed E-state index contributed by atoms with van der Waals surface area (Å²) in [5, 5.41) is 20.8. The number of rotatable bonds is 5. The Morgan fingerprint density at radius 3 is 2.41 bits per heavy atom. The molecule has 0 spiro atoms. The van der Waals surface area contributed by atoms with Crippen LogP contribution in [-0.4, -0.2) is 52.0 Å². The Labute approximate surface area is 221 Å². The molecule has 0 amide bonds. The number of allylic oxidation sites excluding steroid dienone is 2. The van der Waals surface area contributed by atoms with Gasteiger partial charge in [-0.2, -0.15) is 0 Å². The fraction of sp³-hybridized carbons (Fsp3) is 0.793. The number of aliphatic carboxylic acids is 1. The summed E-state index contributed by atoms with van der Waals surface area (Å²) in [6.45, 7) is 9.76. The monoisotopic (exact) mass is 517 g/mol. The van der Waals surface area contributed by atoms with Crippen LogP contribution in [0.5, 0.6) is 0 Å². The molecule has 0 aliphatic heterocycles. The van der Waals surface area contributed by atoms with Crippen molar-refractivity contribution in [3.05, 3.63) is 22.8 Å². The van der Waals surface area contributed by atoms with Crippen LogP contribution in [0.2, 0.25) is 0 Å². The fourth-order valence-corrected chi connectivity index (χ4v) is 9.14. The highest BCUT2D eigenvalue weighted by atomic mass is 16.5. The lowest BCUT2D eigenvalue weighted by atomic mass is 9.39. The molecule has 0 bridgehead atoms. The Balaban J connectivity index is 1.82. The summed E-state index contributed by atoms with van der Waals surface area (Å²) in [6.07, 6.45) is 5.94. The van der Waals surface area contributed by atoms with E-state index in [4.69, 9.17) is 21.9 Å². The van der Waals surface area contributed by atoms with Gasteiger partial charge in [0.05, 0.1) is 6.10 Å². The third-order valence-electron chi connectivity index (χ3n) is 10.9. The van der Waals surface area contributed by atoms with Gasteiger partial charge in [-0.15, -0.1) is 0 Å². The summed E-state index contributed by atoms with van der Waals surface area (Å²) >= 11 is 0. The number of hydrogen-bond acceptors (Lipinski definition) is 7. The van der Waals surface area contributed by atoms with Gasteiger partial charge in [-0.3, -0.25) is 4.79 Å². The topological polar surface area (TPSA) is 162 Å². The number of esters is 1. The van der Waals surface area contributed by atoms with E-state index >= 15 is 0 Å². The van der Waals surface area contributed by atoms with Crippen molar-refractivity contribution in [1.29, 1.82) is 0 Å². The van der Waals surface area contributed by atoms with Crippen molar-refractivity contribution < 1.29 is 24.5 Å². The van der Waals surface area contributed by atoms with Crippen molar-refractivity contribution in [3.8, 4) is 0 Å². The first-order valence-corrected chi connectivity index (χ1v) is 13.9. The minimum absolute atomic E-state index is 0.0739. The normalized spacial score (nSPS) is 46.2. The maximum Gasteiger partial charge on any atom is 0.331 e. The van der Waals surface area contributed by atoms with Crippen LogP contribution in [0.15, 0.2) is 22.8 Å². The lowest BCUT2D eigenvalue weighted by Gasteiger charge is -2.68. The standard InChI is InChI=1S/C29H47N3O5/c1-15(2)7-6-8-17(26(35)36)23-21(37-16(3)33)14-28(5)24(23)19(30)13-22-27(4)11-10-20(34)25(31)18(27)9-12-29(22,28)32/h7,18-22,24-25,34H,6,8-14,30-32H2,1-5H3,(H,35,36)/b23-17+/t18-,19+,20+,21-,22-,24-,25-,27-,28-,29+/m0/s1. The van der Waals surface area contributed by atoms with Crippen LogP contribution in [0.3, 0.4) is 0 Å². The summed E-state index contributed by atoms with van der Waals surface area (Å²) < 4.78 is 5.84. The molecular weight excluding hydrogens is 470 g/mol. The highest BCUT2D eigenvalue weighted by Crippen LogP contribution is 2.69. The van der Waals surface area contributed by atoms with Gasteiger partial charge in [0.1, 0.15) is 6.10 Å². The number of hydrogen-bond donors (Lipinski definition) is 5. The van der Waals surface area contributed by atoms with E-state index in [1.54, 1.807) is 0 Å². The Morgan fingerprint density at radius 2 is 1.81 bits per heavy atom. The first-order chi connectivity index (χ1) is 17.2. The van der Waals surface area contributed by atoms with Crippen molar-refractivity contribution in [2.75, 3.05) is 0 Å². The molecule has 0 radical (unpaired) electrons. The van der Waals surface area contributed by atoms with Crippen LogP contribution in [0.25, 0.3) is 0 Å². The molecule has 8 N–H and O–H groups in total. The van der Waals surface area contributed by atoms with E-state index in [2.05, 4.69) is 13.8 Å². The second-order valence-electron chi connectivity index (χ2n) is 13.1. The van der Waals surface area contributed by atoms with Gasteiger partial charge in [0.25, 0.3) is 0 Å². The van der Waals surface area contributed by atoms with E-state index in [0.29, 0.717) is 43.3 Å². The lowest BCUT2D eigenvalue weighted by molar-refractivity contribution is -0.158. The fourth-order valence-electron chi connectivity index (χ4n) is 9.14. The minimum Gasteiger partial charge on any atom is -0.478 e. The number of aliphatic hydroxyl groups excluding tert-OH is 1. The Hall–Kier alpha value is -1.74. The van der Waals surface area contributed by atoms with Gasteiger partial charge in [-0.25, -0.2) is 4.79 Å². The SMILES string of the molecule is CC(=O)O[C@H]1C[C@@]2(C)[C@H](/C1=C(\CCC=C(C)C)C(=O)O)[C@H](N)C[C@H]1[C@@]3(C)CC[C@@H](O)[C@@H](N)[C@@H]3CC[C@@]12N. The van der Waals surface area contributed by atoms with Gasteiger partial charge < -0.3 is 32.2 Å². The van der Waals surface area contributed by atoms with Crippen molar-refractivity contribution in [1.82, 2.24) is 0 Å². The van der Waals surface area contributed by atoms with Gasteiger partial charge >= 0.3 is 11.9 Å². The molecule has 0 aromatic heterocycles. The smallest absolute Gasteiger partial charge is 0.331 e. The molecule has 0 unspecified atom stereocenters. The average molecular weight is 518 g/mol. The van der Waals surface area contributed by atoms with Gasteiger partial charge in [0.15, 0.2) is 0 Å². The molecule has 10 atom stereocenters. The molecule has 8 nitrogen and oxygen atoms in total. The van der Waals surface area contributed by atoms with Crippen LogP contribution in [0.4, 0.5) is 0 Å². The van der Waals surface area contributed by atoms with Gasteiger partial charge in [-0.05, 0) is 93.5 Å². The zero-order valence-electron chi connectivity index (χ0n) is 23.1. The number of aliphatic hydroxyl groups is 1. The maximum absolute atomic E-state index is 12.6. The van der Waals surface area contributed by atoms with Crippen molar-refractivity contribution in [2.24, 2.45) is 45.8 Å². The largest absolute Gasteiger partial charge is 0.478 e. The molecule has 0 aromatic carbocycles. The summed E-state index contributed by atoms with van der Waals surface area (Å²) in [5.74, 6) is -1.48. The molecule has 4 fully saturated rings. The van der Waals surface area contributed by atoms with Crippen LogP contribution >= 0.6 is 0 Å². The maximum atomic E-state index is 12.6. The van der Waals surface area contributed by atoms with Crippen LogP contribution < -0.4 is 17.2 Å². The summed E-state index contributed by atoms with van der Waals surface area (Å²) in [6, 6.07) is -0.606. The lowest BCUT2D eigenvalue weighted by Crippen LogP contribution is -2.74. The molecule has 0 saturated heterocycles. The predicted octanol–water partition coefficient (Wildman–Crippen LogP) is 3.01. The third-order valence-corrected chi connectivity index (χ3v) is 10.9. The molecule has 4 aliphatic rings. The number of carboxylic acid groups (broad SMARTS) is 1. The molecule has 0 heterocycles. The van der Waals surface area contributed by atoms with Crippen molar-refractivity contribution in [3.63, 3.8) is 0 Å². The van der Waals surface area contributed by atoms with Crippen LogP contribution in [0.1, 0.15) is 86.0 Å². The molecule has 37 heavy (non-hydrogen) atoms. The molecule has 4 rings (SSSR count). The average Bonchev–Trinajstić information content (AvgIpc) is 3.08. The number of fused-ring (bicyclic) bond motifs is 5. The summed E-state index contributed by atoms with van der Waals surface area (Å²) in [5.41, 5.74) is 21.8. The number of carboxylic acids is 1. The zero-order chi connectivity index (χ0) is 27.5. The number of carbonyl (C=O) groups is 2. The van der Waals surface area contributed by atoms with Crippen LogP contribution in [-0.2, 0) is 14.3 Å². The van der Waals surface area contributed by atoms with Gasteiger partial charge in [0, 0.05) is 36.0 Å². The van der Waals surface area contributed by atoms with E-state index in [1.807, 2.05) is 19.9 Å². The number of ether oxygens (including phenoxy) is 1. The van der Waals surface area contributed by atoms with E-state index in [9.17, 15) is 19.8 Å². The van der Waals surface area contributed by atoms with E-state index in [1.165, 1.54) is 6.92 Å². The highest BCUT2D eigenvalue weighted by Gasteiger charge is 2.71. The number of nitrogens with two attached hydrogens (primary N) is 3. The van der Waals surface area contributed by atoms with Crippen LogP contribution in [0, 0.1) is 28.6 Å². The first kappa shape index (κ1) is 28.3. The number of carbonyl (C=O) groups excluding carboxylic acids is 1. The minimum atomic E-state index is -0.984.